The first-order valence-electron chi connectivity index (χ1n) is 6.68. The number of carbonyl (C=O) groups excluding carboxylic acids is 2. The van der Waals surface area contributed by atoms with E-state index in [1.54, 1.807) is 30.3 Å². The Labute approximate surface area is 127 Å². The molecule has 0 fully saturated rings. The van der Waals surface area contributed by atoms with Crippen LogP contribution < -0.4 is 9.64 Å². The number of rotatable bonds is 4. The number of amides is 2. The maximum Gasteiger partial charge on any atom is 0.266 e. The first kappa shape index (κ1) is 13.9. The minimum absolute atomic E-state index is 0.0579. The zero-order valence-corrected chi connectivity index (χ0v) is 11.7. The predicted molar refractivity (Wildman–Crippen MR) is 81.4 cm³/mol. The number of ether oxygens (including phenoxy) is 1. The Kier molecular flexibility index (Phi) is 3.39. The molecule has 0 saturated heterocycles. The van der Waals surface area contributed by atoms with Gasteiger partial charge in [-0.3, -0.25) is 9.59 Å². The molecule has 1 aliphatic heterocycles. The quantitative estimate of drug-likeness (QED) is 0.695. The molecule has 1 heterocycles. The van der Waals surface area contributed by atoms with Crippen LogP contribution in [0.2, 0.25) is 0 Å². The fraction of sp³-hybridized carbons (Fsp3) is 0.0588. The highest BCUT2D eigenvalue weighted by Gasteiger charge is 2.37. The van der Waals surface area contributed by atoms with E-state index in [-0.39, 0.29) is 18.0 Å². The lowest BCUT2D eigenvalue weighted by Gasteiger charge is -2.18. The first-order valence-corrected chi connectivity index (χ1v) is 6.68. The summed E-state index contributed by atoms with van der Waals surface area (Å²) >= 11 is 0. The third-order valence-electron chi connectivity index (χ3n) is 3.33. The van der Waals surface area contributed by atoms with Crippen molar-refractivity contribution in [1.29, 1.82) is 0 Å². The number of fused-ring (bicyclic) bond motifs is 1. The van der Waals surface area contributed by atoms with E-state index in [9.17, 15) is 14.7 Å². The third-order valence-corrected chi connectivity index (χ3v) is 3.33. The minimum atomic E-state index is -0.436. The van der Waals surface area contributed by atoms with E-state index in [0.717, 1.165) is 4.90 Å². The van der Waals surface area contributed by atoms with Crippen molar-refractivity contribution >= 4 is 17.5 Å². The molecule has 0 atom stereocenters. The van der Waals surface area contributed by atoms with Crippen molar-refractivity contribution in [2.24, 2.45) is 0 Å². The summed E-state index contributed by atoms with van der Waals surface area (Å²) < 4.78 is 5.47. The van der Waals surface area contributed by atoms with Crippen molar-refractivity contribution in [3.8, 4) is 11.5 Å². The number of phenolic OH excluding ortho intramolecular Hbond substituents is 1. The Morgan fingerprint density at radius 3 is 2.32 bits per heavy atom. The summed E-state index contributed by atoms with van der Waals surface area (Å²) in [4.78, 5) is 26.0. The van der Waals surface area contributed by atoms with Gasteiger partial charge in [0, 0.05) is 6.07 Å². The van der Waals surface area contributed by atoms with Gasteiger partial charge < -0.3 is 9.84 Å². The predicted octanol–water partition coefficient (Wildman–Crippen LogP) is 2.76. The molecular weight excluding hydrogens is 282 g/mol. The number of nitrogens with zero attached hydrogens (tertiary/aromatic N) is 1. The molecule has 0 saturated carbocycles. The van der Waals surface area contributed by atoms with E-state index in [1.165, 1.54) is 18.2 Å². The van der Waals surface area contributed by atoms with E-state index < -0.39 is 11.8 Å². The second-order valence-electron chi connectivity index (χ2n) is 4.74. The molecule has 2 aromatic rings. The molecule has 22 heavy (non-hydrogen) atoms. The molecule has 3 rings (SSSR count). The minimum Gasteiger partial charge on any atom is -0.508 e. The zero-order valence-electron chi connectivity index (χ0n) is 11.7. The van der Waals surface area contributed by atoms with Gasteiger partial charge in [0.15, 0.2) is 0 Å². The van der Waals surface area contributed by atoms with Crippen molar-refractivity contribution < 1.29 is 19.4 Å². The van der Waals surface area contributed by atoms with Crippen molar-refractivity contribution in [3.63, 3.8) is 0 Å². The number of phenols is 1. The van der Waals surface area contributed by atoms with Crippen molar-refractivity contribution in [1.82, 2.24) is 0 Å². The van der Waals surface area contributed by atoms with Crippen LogP contribution in [0.3, 0.4) is 0 Å². The van der Waals surface area contributed by atoms with Gasteiger partial charge in [-0.2, -0.15) is 0 Å². The van der Waals surface area contributed by atoms with E-state index in [0.29, 0.717) is 16.9 Å². The summed E-state index contributed by atoms with van der Waals surface area (Å²) in [5.74, 6) is -0.603. The second-order valence-corrected chi connectivity index (χ2v) is 4.74. The molecule has 1 aliphatic rings. The molecule has 0 bridgehead atoms. The number of imide groups is 1. The molecule has 1 N–H and O–H groups in total. The number of hydrogen-bond donors (Lipinski definition) is 1. The molecule has 0 aromatic heterocycles. The summed E-state index contributed by atoms with van der Waals surface area (Å²) in [7, 11) is 0. The molecule has 0 spiro atoms. The van der Waals surface area contributed by atoms with Gasteiger partial charge in [0.2, 0.25) is 0 Å². The smallest absolute Gasteiger partial charge is 0.266 e. The van der Waals surface area contributed by atoms with Gasteiger partial charge in [-0.15, -0.1) is 0 Å². The van der Waals surface area contributed by atoms with Crippen LogP contribution in [0.25, 0.3) is 0 Å². The number of benzene rings is 2. The van der Waals surface area contributed by atoms with Gasteiger partial charge in [-0.1, -0.05) is 24.8 Å². The van der Waals surface area contributed by atoms with Crippen LogP contribution in [0.4, 0.5) is 5.69 Å². The van der Waals surface area contributed by atoms with Crippen LogP contribution in [-0.2, 0) is 0 Å². The van der Waals surface area contributed by atoms with Gasteiger partial charge >= 0.3 is 0 Å². The van der Waals surface area contributed by atoms with Crippen LogP contribution in [-0.4, -0.2) is 23.5 Å². The standard InChI is InChI=1S/C17H13NO4/c1-2-9-22-15-8-7-11(19)10-14(15)18-16(20)12-5-3-4-6-13(12)17(18)21/h2-8,10,19H,1,9H2. The van der Waals surface area contributed by atoms with Crippen molar-refractivity contribution in [2.45, 2.75) is 0 Å². The number of carbonyl (C=O) groups is 2. The Morgan fingerprint density at radius 2 is 1.73 bits per heavy atom. The monoisotopic (exact) mass is 295 g/mol. The molecule has 5 nitrogen and oxygen atoms in total. The average Bonchev–Trinajstić information content (AvgIpc) is 2.78. The second kappa shape index (κ2) is 5.37. The van der Waals surface area contributed by atoms with Crippen LogP contribution >= 0.6 is 0 Å². The molecule has 110 valence electrons. The Bertz CT molecular complexity index is 747. The normalized spacial score (nSPS) is 13.2. The summed E-state index contributed by atoms with van der Waals surface area (Å²) in [5.41, 5.74) is 0.893. The largest absolute Gasteiger partial charge is 0.508 e. The molecular formula is C17H13NO4. The first-order chi connectivity index (χ1) is 10.6. The van der Waals surface area contributed by atoms with Gasteiger partial charge in [0.05, 0.1) is 16.8 Å². The van der Waals surface area contributed by atoms with E-state index in [2.05, 4.69) is 6.58 Å². The van der Waals surface area contributed by atoms with Gasteiger partial charge in [0.1, 0.15) is 18.1 Å². The van der Waals surface area contributed by atoms with Gasteiger partial charge in [-0.05, 0) is 24.3 Å². The van der Waals surface area contributed by atoms with Crippen LogP contribution in [0, 0.1) is 0 Å². The van der Waals surface area contributed by atoms with E-state index in [4.69, 9.17) is 4.74 Å². The summed E-state index contributed by atoms with van der Waals surface area (Å²) in [6, 6.07) is 10.9. The number of aromatic hydroxyl groups is 1. The van der Waals surface area contributed by atoms with Crippen LogP contribution in [0.15, 0.2) is 55.1 Å². The lowest BCUT2D eigenvalue weighted by molar-refractivity contribution is 0.0925. The van der Waals surface area contributed by atoms with E-state index in [1.807, 2.05) is 0 Å². The highest BCUT2D eigenvalue weighted by atomic mass is 16.5. The van der Waals surface area contributed by atoms with Gasteiger partial charge in [-0.25, -0.2) is 4.90 Å². The topological polar surface area (TPSA) is 66.8 Å². The Morgan fingerprint density at radius 1 is 1.09 bits per heavy atom. The lowest BCUT2D eigenvalue weighted by atomic mass is 10.1. The highest BCUT2D eigenvalue weighted by Crippen LogP contribution is 2.37. The highest BCUT2D eigenvalue weighted by molar-refractivity contribution is 6.34. The third kappa shape index (κ3) is 2.13. The molecule has 0 unspecified atom stereocenters. The van der Waals surface area contributed by atoms with Crippen molar-refractivity contribution in [3.05, 3.63) is 66.2 Å². The van der Waals surface area contributed by atoms with Gasteiger partial charge in [0.25, 0.3) is 11.8 Å². The lowest BCUT2D eigenvalue weighted by Crippen LogP contribution is -2.29. The number of hydrogen-bond acceptors (Lipinski definition) is 4. The Hall–Kier alpha value is -3.08. The van der Waals surface area contributed by atoms with Crippen LogP contribution in [0.5, 0.6) is 11.5 Å². The zero-order chi connectivity index (χ0) is 15.7. The molecule has 0 radical (unpaired) electrons. The fourth-order valence-electron chi connectivity index (χ4n) is 2.36. The van der Waals surface area contributed by atoms with Crippen molar-refractivity contribution in [2.75, 3.05) is 11.5 Å². The Balaban J connectivity index is 2.09. The summed E-state index contributed by atoms with van der Waals surface area (Å²) in [5, 5.41) is 9.69. The maximum absolute atomic E-state index is 12.5. The average molecular weight is 295 g/mol. The van der Waals surface area contributed by atoms with Crippen LogP contribution in [0.1, 0.15) is 20.7 Å². The fourth-order valence-corrected chi connectivity index (χ4v) is 2.36. The molecule has 0 aliphatic carbocycles. The molecule has 5 heteroatoms. The molecule has 2 aromatic carbocycles. The summed E-state index contributed by atoms with van der Waals surface area (Å²) in [6.45, 7) is 3.78. The number of anilines is 1. The molecule has 2 amide bonds. The maximum atomic E-state index is 12.5. The summed E-state index contributed by atoms with van der Waals surface area (Å²) in [6.07, 6.45) is 1.55. The SMILES string of the molecule is C=CCOc1ccc(O)cc1N1C(=O)c2ccccc2C1=O. The van der Waals surface area contributed by atoms with E-state index >= 15 is 0 Å².